The Morgan fingerprint density at radius 2 is 1.75 bits per heavy atom. The zero-order valence-electron chi connectivity index (χ0n) is 13.5. The second-order valence-electron chi connectivity index (χ2n) is 5.67. The van der Waals surface area contributed by atoms with E-state index >= 15 is 0 Å². The van der Waals surface area contributed by atoms with Crippen LogP contribution in [0.25, 0.3) is 0 Å². The number of hydrogen-bond acceptors (Lipinski definition) is 4. The molecule has 0 rings (SSSR count). The summed E-state index contributed by atoms with van der Waals surface area (Å²) in [6.45, 7) is 9.82. The summed E-state index contributed by atoms with van der Waals surface area (Å²) in [6.07, 6.45) is 2.64. The van der Waals surface area contributed by atoms with Gasteiger partial charge < -0.3 is 15.4 Å². The van der Waals surface area contributed by atoms with E-state index in [-0.39, 0.29) is 36.4 Å². The lowest BCUT2D eigenvalue weighted by atomic mass is 10.00. The van der Waals surface area contributed by atoms with Crippen LogP contribution in [-0.2, 0) is 14.3 Å². The van der Waals surface area contributed by atoms with Crippen LogP contribution in [0.5, 0.6) is 0 Å². The van der Waals surface area contributed by atoms with Gasteiger partial charge in [-0.2, -0.15) is 0 Å². The van der Waals surface area contributed by atoms with E-state index in [0.717, 1.165) is 19.3 Å². The average Bonchev–Trinajstić information content (AvgIpc) is 2.34. The quantitative estimate of drug-likeness (QED) is 0.657. The normalized spacial score (nSPS) is 13.9. The molecule has 20 heavy (non-hydrogen) atoms. The number of carbonyl (C=O) groups is 2. The molecule has 118 valence electrons. The molecule has 0 aliphatic rings. The summed E-state index contributed by atoms with van der Waals surface area (Å²) in [5.74, 6) is -0.430. The summed E-state index contributed by atoms with van der Waals surface area (Å²) in [4.78, 5) is 25.5. The number of nitrogens with two attached hydrogens (primary N) is 1. The lowest BCUT2D eigenvalue weighted by Gasteiger charge is -2.28. The van der Waals surface area contributed by atoms with Crippen LogP contribution in [0.2, 0.25) is 0 Å². The third-order valence-corrected chi connectivity index (χ3v) is 3.23. The third-order valence-electron chi connectivity index (χ3n) is 3.23. The van der Waals surface area contributed by atoms with Crippen molar-refractivity contribution in [3.05, 3.63) is 0 Å². The van der Waals surface area contributed by atoms with Crippen molar-refractivity contribution in [2.75, 3.05) is 13.2 Å². The summed E-state index contributed by atoms with van der Waals surface area (Å²) >= 11 is 0. The van der Waals surface area contributed by atoms with E-state index in [2.05, 4.69) is 0 Å². The topological polar surface area (TPSA) is 72.6 Å². The van der Waals surface area contributed by atoms with Gasteiger partial charge in [0.25, 0.3) is 0 Å². The maximum atomic E-state index is 12.4. The largest absolute Gasteiger partial charge is 0.465 e. The zero-order valence-corrected chi connectivity index (χ0v) is 13.5. The Bertz CT molecular complexity index is 303. The maximum Gasteiger partial charge on any atom is 0.325 e. The minimum atomic E-state index is -0.350. The van der Waals surface area contributed by atoms with E-state index in [9.17, 15) is 9.59 Å². The van der Waals surface area contributed by atoms with Crippen LogP contribution in [0, 0.1) is 5.92 Å². The second kappa shape index (κ2) is 9.75. The van der Waals surface area contributed by atoms with Crippen molar-refractivity contribution in [2.24, 2.45) is 11.7 Å². The van der Waals surface area contributed by atoms with Crippen LogP contribution in [0.15, 0.2) is 0 Å². The highest BCUT2D eigenvalue weighted by atomic mass is 16.5. The van der Waals surface area contributed by atoms with Gasteiger partial charge in [-0.25, -0.2) is 0 Å². The molecule has 0 saturated carbocycles. The molecular formula is C15H30N2O3. The standard InChI is InChI=1S/C15H30N2O3/c1-6-20-14(18)10-17(11(2)3)15(19)12(4)8-7-9-13(5)16/h11-13H,6-10,16H2,1-5H3. The maximum absolute atomic E-state index is 12.4. The number of rotatable bonds is 9. The van der Waals surface area contributed by atoms with Gasteiger partial charge in [0.1, 0.15) is 6.54 Å². The fourth-order valence-corrected chi connectivity index (χ4v) is 2.01. The average molecular weight is 286 g/mol. The highest BCUT2D eigenvalue weighted by Crippen LogP contribution is 2.14. The molecule has 0 fully saturated rings. The molecule has 0 spiro atoms. The van der Waals surface area contributed by atoms with Gasteiger partial charge in [0, 0.05) is 18.0 Å². The number of ether oxygens (including phenoxy) is 1. The SMILES string of the molecule is CCOC(=O)CN(C(=O)C(C)CCCC(C)N)C(C)C. The van der Waals surface area contributed by atoms with Crippen LogP contribution in [-0.4, -0.2) is 42.0 Å². The number of esters is 1. The van der Waals surface area contributed by atoms with Gasteiger partial charge in [-0.3, -0.25) is 9.59 Å². The van der Waals surface area contributed by atoms with Crippen molar-refractivity contribution in [3.8, 4) is 0 Å². The Labute approximate surface area is 122 Å². The van der Waals surface area contributed by atoms with Crippen LogP contribution < -0.4 is 5.73 Å². The molecule has 5 nitrogen and oxygen atoms in total. The van der Waals surface area contributed by atoms with Gasteiger partial charge in [0.05, 0.1) is 6.61 Å². The van der Waals surface area contributed by atoms with E-state index in [1.54, 1.807) is 11.8 Å². The van der Waals surface area contributed by atoms with Crippen molar-refractivity contribution >= 4 is 11.9 Å². The van der Waals surface area contributed by atoms with E-state index in [1.807, 2.05) is 27.7 Å². The smallest absolute Gasteiger partial charge is 0.325 e. The van der Waals surface area contributed by atoms with Crippen molar-refractivity contribution < 1.29 is 14.3 Å². The highest BCUT2D eigenvalue weighted by Gasteiger charge is 2.25. The molecule has 2 atom stereocenters. The van der Waals surface area contributed by atoms with Crippen LogP contribution in [0.4, 0.5) is 0 Å². The molecule has 5 heteroatoms. The fourth-order valence-electron chi connectivity index (χ4n) is 2.01. The van der Waals surface area contributed by atoms with Crippen molar-refractivity contribution in [2.45, 2.75) is 66.0 Å². The molecule has 0 heterocycles. The van der Waals surface area contributed by atoms with E-state index in [1.165, 1.54) is 0 Å². The first-order valence-corrected chi connectivity index (χ1v) is 7.51. The van der Waals surface area contributed by atoms with Gasteiger partial charge in [0.15, 0.2) is 0 Å². The monoisotopic (exact) mass is 286 g/mol. The van der Waals surface area contributed by atoms with Crippen molar-refractivity contribution in [1.29, 1.82) is 0 Å². The first kappa shape index (κ1) is 18.9. The molecule has 0 bridgehead atoms. The molecule has 1 amide bonds. The summed E-state index contributed by atoms with van der Waals surface area (Å²) in [7, 11) is 0. The molecule has 2 N–H and O–H groups in total. The Hall–Kier alpha value is -1.10. The first-order valence-electron chi connectivity index (χ1n) is 7.51. The van der Waals surface area contributed by atoms with E-state index in [0.29, 0.717) is 6.61 Å². The molecule has 0 aromatic carbocycles. The number of hydrogen-bond donors (Lipinski definition) is 1. The zero-order chi connectivity index (χ0) is 15.7. The van der Waals surface area contributed by atoms with Crippen LogP contribution in [0.3, 0.4) is 0 Å². The molecule has 0 aromatic heterocycles. The Kier molecular flexibility index (Phi) is 9.21. The van der Waals surface area contributed by atoms with E-state index in [4.69, 9.17) is 10.5 Å². The van der Waals surface area contributed by atoms with Gasteiger partial charge in [0.2, 0.25) is 5.91 Å². The summed E-state index contributed by atoms with van der Waals surface area (Å²) < 4.78 is 4.92. The number of carbonyl (C=O) groups excluding carboxylic acids is 2. The Morgan fingerprint density at radius 3 is 2.20 bits per heavy atom. The molecule has 2 unspecified atom stereocenters. The highest BCUT2D eigenvalue weighted by molar-refractivity contribution is 5.83. The number of nitrogens with zero attached hydrogens (tertiary/aromatic N) is 1. The van der Waals surface area contributed by atoms with Crippen molar-refractivity contribution in [1.82, 2.24) is 4.90 Å². The predicted octanol–water partition coefficient (Wildman–Crippen LogP) is 1.94. The summed E-state index contributed by atoms with van der Waals surface area (Å²) in [6, 6.07) is 0.154. The van der Waals surface area contributed by atoms with Gasteiger partial charge in [-0.15, -0.1) is 0 Å². The van der Waals surface area contributed by atoms with Crippen LogP contribution in [0.1, 0.15) is 53.9 Å². The second-order valence-corrected chi connectivity index (χ2v) is 5.67. The summed E-state index contributed by atoms with van der Waals surface area (Å²) in [5.41, 5.74) is 5.71. The van der Waals surface area contributed by atoms with Crippen molar-refractivity contribution in [3.63, 3.8) is 0 Å². The fraction of sp³-hybridized carbons (Fsp3) is 0.867. The number of amides is 1. The first-order chi connectivity index (χ1) is 9.29. The minimum absolute atomic E-state index is 0.0113. The van der Waals surface area contributed by atoms with Crippen LogP contribution >= 0.6 is 0 Å². The molecular weight excluding hydrogens is 256 g/mol. The van der Waals surface area contributed by atoms with Gasteiger partial charge in [-0.05, 0) is 40.5 Å². The molecule has 0 aliphatic carbocycles. The van der Waals surface area contributed by atoms with E-state index < -0.39 is 0 Å². The van der Waals surface area contributed by atoms with Gasteiger partial charge >= 0.3 is 5.97 Å². The minimum Gasteiger partial charge on any atom is -0.465 e. The molecule has 0 aromatic rings. The lowest BCUT2D eigenvalue weighted by Crippen LogP contribution is -2.43. The Morgan fingerprint density at radius 1 is 1.15 bits per heavy atom. The lowest BCUT2D eigenvalue weighted by molar-refractivity contribution is -0.151. The molecule has 0 aliphatic heterocycles. The van der Waals surface area contributed by atoms with Gasteiger partial charge in [-0.1, -0.05) is 13.3 Å². The predicted molar refractivity (Wildman–Crippen MR) is 80.1 cm³/mol. The molecule has 0 saturated heterocycles. The summed E-state index contributed by atoms with van der Waals surface area (Å²) in [5, 5.41) is 0. The Balaban J connectivity index is 4.43. The third kappa shape index (κ3) is 7.48. The molecule has 0 radical (unpaired) electrons.